The maximum absolute atomic E-state index is 5.78. The molecule has 0 bridgehead atoms. The normalized spacial score (nSPS) is 18.2. The molecule has 2 aromatic rings. The number of halogens is 1. The van der Waals surface area contributed by atoms with Crippen LogP contribution in [0, 0.1) is 6.92 Å². The second-order valence-corrected chi connectivity index (χ2v) is 6.07. The summed E-state index contributed by atoms with van der Waals surface area (Å²) in [5, 5.41) is 0. The molecule has 3 rings (SSSR count). The van der Waals surface area contributed by atoms with Crippen LogP contribution in [0.5, 0.6) is 11.5 Å². The fourth-order valence-corrected chi connectivity index (χ4v) is 3.68. The van der Waals surface area contributed by atoms with Crippen molar-refractivity contribution >= 4 is 15.9 Å². The second kappa shape index (κ2) is 5.49. The molecule has 0 saturated carbocycles. The molecule has 1 aliphatic rings. The number of rotatable bonds is 3. The first-order chi connectivity index (χ1) is 9.70. The molecule has 0 saturated heterocycles. The Kier molecular flexibility index (Phi) is 3.70. The molecule has 0 fully saturated rings. The topological polar surface area (TPSA) is 18.5 Å². The third-order valence-corrected chi connectivity index (χ3v) is 5.00. The number of methoxy groups -OCH3 is 1. The van der Waals surface area contributed by atoms with Gasteiger partial charge in [0.25, 0.3) is 0 Å². The summed E-state index contributed by atoms with van der Waals surface area (Å²) in [6.45, 7) is 2.84. The molecule has 0 aliphatic carbocycles. The molecule has 0 aromatic heterocycles. The lowest BCUT2D eigenvalue weighted by Crippen LogP contribution is -2.09. The summed E-state index contributed by atoms with van der Waals surface area (Å²) in [4.78, 5) is 0.247. The predicted octanol–water partition coefficient (Wildman–Crippen LogP) is 4.62. The molecule has 20 heavy (non-hydrogen) atoms. The molecule has 3 heteroatoms. The van der Waals surface area contributed by atoms with E-state index >= 15 is 0 Å². The van der Waals surface area contributed by atoms with Crippen molar-refractivity contribution in [3.05, 3.63) is 59.2 Å². The van der Waals surface area contributed by atoms with E-state index in [1.54, 1.807) is 7.11 Å². The van der Waals surface area contributed by atoms with Crippen LogP contribution in [0.15, 0.2) is 42.5 Å². The number of ether oxygens (including phenoxy) is 2. The summed E-state index contributed by atoms with van der Waals surface area (Å²) in [5.41, 5.74) is 3.80. The number of para-hydroxylation sites is 1. The van der Waals surface area contributed by atoms with E-state index in [9.17, 15) is 0 Å². The molecular formula is C17H17BrO2. The van der Waals surface area contributed by atoms with E-state index in [1.807, 2.05) is 18.2 Å². The van der Waals surface area contributed by atoms with Crippen LogP contribution < -0.4 is 9.47 Å². The van der Waals surface area contributed by atoms with Gasteiger partial charge in [-0.3, -0.25) is 0 Å². The van der Waals surface area contributed by atoms with Crippen LogP contribution in [-0.2, 0) is 0 Å². The summed E-state index contributed by atoms with van der Waals surface area (Å²) in [6.07, 6.45) is 0. The lowest BCUT2D eigenvalue weighted by Gasteiger charge is -2.19. The van der Waals surface area contributed by atoms with Gasteiger partial charge in [0.15, 0.2) is 0 Å². The van der Waals surface area contributed by atoms with Crippen LogP contribution in [-0.4, -0.2) is 13.7 Å². The smallest absolute Gasteiger partial charge is 0.122 e. The van der Waals surface area contributed by atoms with Crippen molar-refractivity contribution in [2.45, 2.75) is 17.7 Å². The summed E-state index contributed by atoms with van der Waals surface area (Å²) in [7, 11) is 1.70. The maximum atomic E-state index is 5.78. The first-order valence-electron chi connectivity index (χ1n) is 6.71. The van der Waals surface area contributed by atoms with Crippen LogP contribution in [0.2, 0.25) is 0 Å². The van der Waals surface area contributed by atoms with Crippen LogP contribution in [0.1, 0.15) is 27.4 Å². The van der Waals surface area contributed by atoms with Gasteiger partial charge < -0.3 is 9.47 Å². The maximum Gasteiger partial charge on any atom is 0.122 e. The third kappa shape index (κ3) is 2.31. The fraction of sp³-hybridized carbons (Fsp3) is 0.294. The monoisotopic (exact) mass is 332 g/mol. The minimum Gasteiger partial charge on any atom is -0.497 e. The highest BCUT2D eigenvalue weighted by Crippen LogP contribution is 2.46. The van der Waals surface area contributed by atoms with Gasteiger partial charge in [0.05, 0.1) is 18.5 Å². The minimum absolute atomic E-state index is 0.247. The Balaban J connectivity index is 1.92. The highest BCUT2D eigenvalue weighted by Gasteiger charge is 2.31. The van der Waals surface area contributed by atoms with E-state index in [1.165, 1.54) is 16.7 Å². The van der Waals surface area contributed by atoms with E-state index in [2.05, 4.69) is 47.1 Å². The number of aryl methyl sites for hydroxylation is 1. The summed E-state index contributed by atoms with van der Waals surface area (Å²) >= 11 is 3.86. The Morgan fingerprint density at radius 1 is 1.25 bits per heavy atom. The van der Waals surface area contributed by atoms with Crippen LogP contribution in [0.3, 0.4) is 0 Å². The average Bonchev–Trinajstić information content (AvgIpc) is 2.90. The Bertz CT molecular complexity index is 624. The minimum atomic E-state index is 0.247. The lowest BCUT2D eigenvalue weighted by atomic mass is 9.91. The molecule has 0 N–H and O–H groups in total. The molecule has 2 unspecified atom stereocenters. The molecule has 0 radical (unpaired) electrons. The SMILES string of the molecule is COc1ccc(C(Br)C2COc3ccccc32)c(C)c1. The van der Waals surface area contributed by atoms with Crippen molar-refractivity contribution in [1.29, 1.82) is 0 Å². The van der Waals surface area contributed by atoms with Gasteiger partial charge in [-0.15, -0.1) is 0 Å². The van der Waals surface area contributed by atoms with Crippen molar-refractivity contribution in [3.63, 3.8) is 0 Å². The molecule has 0 amide bonds. The predicted molar refractivity (Wildman–Crippen MR) is 84.1 cm³/mol. The number of hydrogen-bond donors (Lipinski definition) is 0. The zero-order valence-corrected chi connectivity index (χ0v) is 13.2. The third-order valence-electron chi connectivity index (χ3n) is 3.86. The second-order valence-electron chi connectivity index (χ2n) is 5.08. The average molecular weight is 333 g/mol. The van der Waals surface area contributed by atoms with Crippen molar-refractivity contribution in [2.75, 3.05) is 13.7 Å². The van der Waals surface area contributed by atoms with Crippen LogP contribution in [0.4, 0.5) is 0 Å². The Morgan fingerprint density at radius 2 is 2.05 bits per heavy atom. The van der Waals surface area contributed by atoms with Gasteiger partial charge in [0.2, 0.25) is 0 Å². The Morgan fingerprint density at radius 3 is 2.80 bits per heavy atom. The zero-order chi connectivity index (χ0) is 14.1. The van der Waals surface area contributed by atoms with E-state index < -0.39 is 0 Å². The highest BCUT2D eigenvalue weighted by atomic mass is 79.9. The van der Waals surface area contributed by atoms with E-state index in [4.69, 9.17) is 9.47 Å². The molecule has 1 heterocycles. The quantitative estimate of drug-likeness (QED) is 0.764. The van der Waals surface area contributed by atoms with Gasteiger partial charge in [0, 0.05) is 11.5 Å². The summed E-state index contributed by atoms with van der Waals surface area (Å²) in [6, 6.07) is 14.5. The van der Waals surface area contributed by atoms with Crippen molar-refractivity contribution in [1.82, 2.24) is 0 Å². The zero-order valence-electron chi connectivity index (χ0n) is 11.6. The Hall–Kier alpha value is -1.48. The van der Waals surface area contributed by atoms with Crippen LogP contribution >= 0.6 is 15.9 Å². The molecule has 2 atom stereocenters. The Labute approximate surface area is 127 Å². The highest BCUT2D eigenvalue weighted by molar-refractivity contribution is 9.09. The molecule has 2 nitrogen and oxygen atoms in total. The first kappa shape index (κ1) is 13.5. The standard InChI is InChI=1S/C17H17BrO2/c1-11-9-12(19-2)7-8-13(11)17(18)15-10-20-16-6-4-3-5-14(15)16/h3-9,15,17H,10H2,1-2H3. The van der Waals surface area contributed by atoms with E-state index in [-0.39, 0.29) is 4.83 Å². The molecule has 104 valence electrons. The van der Waals surface area contributed by atoms with Crippen LogP contribution in [0.25, 0.3) is 0 Å². The van der Waals surface area contributed by atoms with Crippen molar-refractivity contribution in [3.8, 4) is 11.5 Å². The fourth-order valence-electron chi connectivity index (χ4n) is 2.73. The number of fused-ring (bicyclic) bond motifs is 1. The van der Waals surface area contributed by atoms with Gasteiger partial charge in [-0.25, -0.2) is 0 Å². The van der Waals surface area contributed by atoms with Gasteiger partial charge in [-0.2, -0.15) is 0 Å². The molecule has 1 aliphatic heterocycles. The van der Waals surface area contributed by atoms with Gasteiger partial charge in [0.1, 0.15) is 11.5 Å². The molecular weight excluding hydrogens is 316 g/mol. The van der Waals surface area contributed by atoms with Crippen molar-refractivity contribution < 1.29 is 9.47 Å². The van der Waals surface area contributed by atoms with Crippen molar-refractivity contribution in [2.24, 2.45) is 0 Å². The number of hydrogen-bond acceptors (Lipinski definition) is 2. The van der Waals surface area contributed by atoms with E-state index in [0.717, 1.165) is 18.1 Å². The van der Waals surface area contributed by atoms with Gasteiger partial charge >= 0.3 is 0 Å². The van der Waals surface area contributed by atoms with Gasteiger partial charge in [-0.05, 0) is 36.2 Å². The largest absolute Gasteiger partial charge is 0.497 e. The number of benzene rings is 2. The van der Waals surface area contributed by atoms with Gasteiger partial charge in [-0.1, -0.05) is 40.2 Å². The molecule has 2 aromatic carbocycles. The summed E-state index contributed by atoms with van der Waals surface area (Å²) < 4.78 is 11.1. The van der Waals surface area contributed by atoms with E-state index in [0.29, 0.717) is 5.92 Å². The first-order valence-corrected chi connectivity index (χ1v) is 7.62. The summed E-state index contributed by atoms with van der Waals surface area (Å²) in [5.74, 6) is 2.25. The number of alkyl halides is 1. The molecule has 0 spiro atoms. The lowest BCUT2D eigenvalue weighted by molar-refractivity contribution is 0.329.